The van der Waals surface area contributed by atoms with E-state index in [-0.39, 0.29) is 0 Å². The average Bonchev–Trinajstić information content (AvgIpc) is 2.77. The van der Waals surface area contributed by atoms with Crippen molar-refractivity contribution in [2.24, 2.45) is 0 Å². The Hall–Kier alpha value is -0.860. The predicted octanol–water partition coefficient (Wildman–Crippen LogP) is 2.90. The van der Waals surface area contributed by atoms with E-state index in [9.17, 15) is 0 Å². The van der Waals surface area contributed by atoms with Crippen LogP contribution in [0.5, 0.6) is 0 Å². The van der Waals surface area contributed by atoms with Gasteiger partial charge in [0.05, 0.1) is 6.10 Å². The fourth-order valence-electron chi connectivity index (χ4n) is 2.56. The number of hydrogen-bond acceptors (Lipinski definition) is 2. The van der Waals surface area contributed by atoms with Crippen molar-refractivity contribution < 1.29 is 4.74 Å². The highest BCUT2D eigenvalue weighted by Gasteiger charge is 2.27. The van der Waals surface area contributed by atoms with E-state index in [2.05, 4.69) is 42.6 Å². The maximum Gasteiger partial charge on any atom is 0.0724 e. The second kappa shape index (κ2) is 5.46. The molecule has 88 valence electrons. The smallest absolute Gasteiger partial charge is 0.0724 e. The first-order chi connectivity index (χ1) is 7.81. The molecule has 3 atom stereocenters. The van der Waals surface area contributed by atoms with E-state index in [4.69, 9.17) is 4.74 Å². The van der Waals surface area contributed by atoms with Crippen molar-refractivity contribution >= 4 is 0 Å². The van der Waals surface area contributed by atoms with Gasteiger partial charge in [0.25, 0.3) is 0 Å². The Balaban J connectivity index is 1.94. The summed E-state index contributed by atoms with van der Waals surface area (Å²) >= 11 is 0. The van der Waals surface area contributed by atoms with Gasteiger partial charge in [-0.05, 0) is 31.7 Å². The Bertz CT molecular complexity index is 312. The van der Waals surface area contributed by atoms with Gasteiger partial charge in [0.1, 0.15) is 0 Å². The van der Waals surface area contributed by atoms with Gasteiger partial charge < -0.3 is 10.1 Å². The summed E-state index contributed by atoms with van der Waals surface area (Å²) in [6.45, 7) is 2.22. The number of nitrogens with one attached hydrogen (secondary N) is 1. The highest BCUT2D eigenvalue weighted by atomic mass is 16.5. The summed E-state index contributed by atoms with van der Waals surface area (Å²) in [5.74, 6) is 0. The molecule has 1 aliphatic rings. The summed E-state index contributed by atoms with van der Waals surface area (Å²) in [6, 6.07) is 11.5. The number of ether oxygens (including phenoxy) is 1. The minimum Gasteiger partial charge on any atom is -0.380 e. The molecule has 3 unspecified atom stereocenters. The van der Waals surface area contributed by atoms with Crippen molar-refractivity contribution in [1.29, 1.82) is 0 Å². The van der Waals surface area contributed by atoms with Crippen LogP contribution in [0.2, 0.25) is 0 Å². The van der Waals surface area contributed by atoms with Crippen molar-refractivity contribution in [1.82, 2.24) is 5.32 Å². The SMILES string of the molecule is COC1CCCC1NC(C)c1ccccc1. The van der Waals surface area contributed by atoms with Crippen LogP contribution < -0.4 is 5.32 Å². The van der Waals surface area contributed by atoms with Crippen LogP contribution in [0, 0.1) is 0 Å². The number of benzene rings is 1. The van der Waals surface area contributed by atoms with Gasteiger partial charge in [0, 0.05) is 19.2 Å². The fraction of sp³-hybridized carbons (Fsp3) is 0.571. The Morgan fingerprint density at radius 1 is 1.25 bits per heavy atom. The normalized spacial score (nSPS) is 26.9. The van der Waals surface area contributed by atoms with Crippen LogP contribution >= 0.6 is 0 Å². The summed E-state index contributed by atoms with van der Waals surface area (Å²) in [5, 5.41) is 3.67. The lowest BCUT2D eigenvalue weighted by molar-refractivity contribution is 0.0820. The molecule has 0 aromatic heterocycles. The Kier molecular flexibility index (Phi) is 3.97. The zero-order chi connectivity index (χ0) is 11.4. The van der Waals surface area contributed by atoms with Crippen molar-refractivity contribution in [3.05, 3.63) is 35.9 Å². The molecule has 2 heteroatoms. The Morgan fingerprint density at radius 2 is 2.00 bits per heavy atom. The van der Waals surface area contributed by atoms with Gasteiger partial charge >= 0.3 is 0 Å². The first-order valence-electron chi connectivity index (χ1n) is 6.15. The third-order valence-corrected chi connectivity index (χ3v) is 3.52. The lowest BCUT2D eigenvalue weighted by Gasteiger charge is -2.24. The van der Waals surface area contributed by atoms with E-state index >= 15 is 0 Å². The monoisotopic (exact) mass is 219 g/mol. The molecule has 1 aromatic carbocycles. The molecule has 0 spiro atoms. The molecule has 16 heavy (non-hydrogen) atoms. The van der Waals surface area contributed by atoms with E-state index in [1.54, 1.807) is 0 Å². The summed E-state index contributed by atoms with van der Waals surface area (Å²) in [5.41, 5.74) is 1.35. The lowest BCUT2D eigenvalue weighted by atomic mass is 10.1. The molecule has 2 rings (SSSR count). The van der Waals surface area contributed by atoms with Gasteiger partial charge in [0.15, 0.2) is 0 Å². The standard InChI is InChI=1S/C14H21NO/c1-11(12-7-4-3-5-8-12)15-13-9-6-10-14(13)16-2/h3-5,7-8,11,13-15H,6,9-10H2,1-2H3. The predicted molar refractivity (Wildman–Crippen MR) is 66.4 cm³/mol. The van der Waals surface area contributed by atoms with Crippen LogP contribution in [0.3, 0.4) is 0 Å². The third-order valence-electron chi connectivity index (χ3n) is 3.52. The fourth-order valence-corrected chi connectivity index (χ4v) is 2.56. The van der Waals surface area contributed by atoms with Crippen molar-refractivity contribution in [3.63, 3.8) is 0 Å². The van der Waals surface area contributed by atoms with Crippen LogP contribution in [0.4, 0.5) is 0 Å². The summed E-state index contributed by atoms with van der Waals surface area (Å²) in [6.07, 6.45) is 4.09. The highest BCUT2D eigenvalue weighted by Crippen LogP contribution is 2.24. The van der Waals surface area contributed by atoms with E-state index in [1.165, 1.54) is 24.8 Å². The van der Waals surface area contributed by atoms with Crippen molar-refractivity contribution in [2.75, 3.05) is 7.11 Å². The molecule has 1 fully saturated rings. The molecule has 1 aromatic rings. The molecule has 1 aliphatic carbocycles. The number of rotatable bonds is 4. The molecule has 1 N–H and O–H groups in total. The average molecular weight is 219 g/mol. The van der Waals surface area contributed by atoms with Crippen molar-refractivity contribution in [2.45, 2.75) is 44.4 Å². The molecule has 0 saturated heterocycles. The molecular formula is C14H21NO. The van der Waals surface area contributed by atoms with Gasteiger partial charge in [-0.15, -0.1) is 0 Å². The number of hydrogen-bond donors (Lipinski definition) is 1. The molecule has 0 aliphatic heterocycles. The minimum atomic E-state index is 0.395. The zero-order valence-electron chi connectivity index (χ0n) is 10.1. The third kappa shape index (κ3) is 2.63. The molecular weight excluding hydrogens is 198 g/mol. The second-order valence-electron chi connectivity index (χ2n) is 4.61. The molecule has 0 amide bonds. The van der Waals surface area contributed by atoms with Crippen LogP contribution in [0.25, 0.3) is 0 Å². The van der Waals surface area contributed by atoms with E-state index in [0.29, 0.717) is 18.2 Å². The van der Waals surface area contributed by atoms with Gasteiger partial charge in [0.2, 0.25) is 0 Å². The van der Waals surface area contributed by atoms with Crippen LogP contribution in [0.15, 0.2) is 30.3 Å². The summed E-state index contributed by atoms with van der Waals surface area (Å²) < 4.78 is 5.50. The van der Waals surface area contributed by atoms with Gasteiger partial charge in [-0.1, -0.05) is 30.3 Å². The van der Waals surface area contributed by atoms with Crippen LogP contribution in [0.1, 0.15) is 37.8 Å². The van der Waals surface area contributed by atoms with E-state index in [1.807, 2.05) is 7.11 Å². The quantitative estimate of drug-likeness (QED) is 0.840. The minimum absolute atomic E-state index is 0.395. The maximum atomic E-state index is 5.50. The Labute approximate surface area is 98.0 Å². The lowest BCUT2D eigenvalue weighted by Crippen LogP contribution is -2.38. The molecule has 1 saturated carbocycles. The Morgan fingerprint density at radius 3 is 2.69 bits per heavy atom. The summed E-state index contributed by atoms with van der Waals surface area (Å²) in [4.78, 5) is 0. The largest absolute Gasteiger partial charge is 0.380 e. The molecule has 2 nitrogen and oxygen atoms in total. The highest BCUT2D eigenvalue weighted by molar-refractivity contribution is 5.18. The van der Waals surface area contributed by atoms with Crippen molar-refractivity contribution in [3.8, 4) is 0 Å². The van der Waals surface area contributed by atoms with Gasteiger partial charge in [-0.25, -0.2) is 0 Å². The first kappa shape index (κ1) is 11.6. The van der Waals surface area contributed by atoms with Crippen LogP contribution in [-0.2, 0) is 4.74 Å². The van der Waals surface area contributed by atoms with Crippen LogP contribution in [-0.4, -0.2) is 19.3 Å². The first-order valence-corrected chi connectivity index (χ1v) is 6.15. The number of methoxy groups -OCH3 is 1. The second-order valence-corrected chi connectivity index (χ2v) is 4.61. The molecule has 0 heterocycles. The van der Waals surface area contributed by atoms with Gasteiger partial charge in [-0.2, -0.15) is 0 Å². The summed E-state index contributed by atoms with van der Waals surface area (Å²) in [7, 11) is 1.82. The van der Waals surface area contributed by atoms with Gasteiger partial charge in [-0.3, -0.25) is 0 Å². The topological polar surface area (TPSA) is 21.3 Å². The zero-order valence-corrected chi connectivity index (χ0v) is 10.1. The maximum absolute atomic E-state index is 5.50. The molecule has 0 bridgehead atoms. The van der Waals surface area contributed by atoms with E-state index in [0.717, 1.165) is 0 Å². The molecule has 0 radical (unpaired) electrons. The van der Waals surface area contributed by atoms with E-state index < -0.39 is 0 Å².